The molecule has 2 heterocycles. The number of carbonyl (C=O) groups excluding carboxylic acids is 1. The monoisotopic (exact) mass is 334 g/mol. The van der Waals surface area contributed by atoms with E-state index < -0.39 is 0 Å². The van der Waals surface area contributed by atoms with Crippen molar-refractivity contribution in [3.63, 3.8) is 0 Å². The third-order valence-electron chi connectivity index (χ3n) is 4.75. The zero-order chi connectivity index (χ0) is 15.6. The number of benzene rings is 1. The van der Waals surface area contributed by atoms with Crippen LogP contribution in [0.4, 0.5) is 0 Å². The summed E-state index contributed by atoms with van der Waals surface area (Å²) >= 11 is 0. The van der Waals surface area contributed by atoms with E-state index in [1.807, 2.05) is 0 Å². The summed E-state index contributed by atoms with van der Waals surface area (Å²) in [6.07, 6.45) is 6.32. The molecule has 1 amide bonds. The Labute approximate surface area is 145 Å². The predicted octanol–water partition coefficient (Wildman–Crippen LogP) is -1.31. The fraction of sp³-hybridized carbons (Fsp3) is 0.579. The fourth-order valence-corrected chi connectivity index (χ4v) is 3.69. The maximum absolute atomic E-state index is 12.7. The Balaban J connectivity index is 0.00000192. The SMILES string of the molecule is CC1(C)Cc2ccccc2C(CC(=O)N2CCCCCC2)=[NH+]1.[Cl-]. The molecule has 23 heavy (non-hydrogen) atoms. The second-order valence-corrected chi connectivity index (χ2v) is 7.29. The third kappa shape index (κ3) is 4.35. The van der Waals surface area contributed by atoms with Crippen LogP contribution in [0, 0.1) is 0 Å². The average Bonchev–Trinajstić information content (AvgIpc) is 2.75. The fourth-order valence-electron chi connectivity index (χ4n) is 3.69. The van der Waals surface area contributed by atoms with Gasteiger partial charge in [0, 0.05) is 38.9 Å². The molecule has 1 aromatic carbocycles. The number of nitrogens with one attached hydrogen (secondary N) is 1. The highest BCUT2D eigenvalue weighted by atomic mass is 35.5. The van der Waals surface area contributed by atoms with Crippen LogP contribution in [-0.2, 0) is 11.2 Å². The van der Waals surface area contributed by atoms with Crippen molar-refractivity contribution >= 4 is 11.6 Å². The minimum absolute atomic E-state index is 0. The number of likely N-dealkylation sites (tertiary alicyclic amines) is 1. The van der Waals surface area contributed by atoms with E-state index in [0.717, 1.165) is 38.1 Å². The van der Waals surface area contributed by atoms with Gasteiger partial charge in [0.15, 0.2) is 11.3 Å². The van der Waals surface area contributed by atoms with Crippen molar-refractivity contribution in [2.45, 2.75) is 57.9 Å². The number of hydrogen-bond acceptors (Lipinski definition) is 1. The molecule has 0 atom stereocenters. The Hall–Kier alpha value is -1.35. The van der Waals surface area contributed by atoms with Crippen molar-refractivity contribution in [3.8, 4) is 0 Å². The van der Waals surface area contributed by atoms with Gasteiger partial charge in [0.05, 0.1) is 0 Å². The zero-order valence-corrected chi connectivity index (χ0v) is 15.0. The van der Waals surface area contributed by atoms with Gasteiger partial charge in [-0.1, -0.05) is 31.0 Å². The normalized spacial score (nSPS) is 19.9. The van der Waals surface area contributed by atoms with Crippen LogP contribution in [0.2, 0.25) is 0 Å². The quantitative estimate of drug-likeness (QED) is 0.716. The van der Waals surface area contributed by atoms with E-state index in [2.05, 4.69) is 48.0 Å². The minimum atomic E-state index is 0. The lowest BCUT2D eigenvalue weighted by atomic mass is 9.86. The molecule has 0 bridgehead atoms. The molecule has 0 spiro atoms. The molecule has 3 nitrogen and oxygen atoms in total. The van der Waals surface area contributed by atoms with Crippen molar-refractivity contribution in [2.24, 2.45) is 0 Å². The summed E-state index contributed by atoms with van der Waals surface area (Å²) in [7, 11) is 0. The van der Waals surface area contributed by atoms with Crippen molar-refractivity contribution in [2.75, 3.05) is 13.1 Å². The van der Waals surface area contributed by atoms with Crippen molar-refractivity contribution in [1.82, 2.24) is 4.90 Å². The molecule has 3 rings (SSSR count). The largest absolute Gasteiger partial charge is 1.00 e. The van der Waals surface area contributed by atoms with Gasteiger partial charge in [-0.15, -0.1) is 0 Å². The summed E-state index contributed by atoms with van der Waals surface area (Å²) in [5, 5.41) is 0. The lowest BCUT2D eigenvalue weighted by Crippen LogP contribution is -3.00. The number of carbonyl (C=O) groups is 1. The molecule has 1 N–H and O–H groups in total. The Morgan fingerprint density at radius 2 is 1.78 bits per heavy atom. The lowest BCUT2D eigenvalue weighted by molar-refractivity contribution is -0.546. The van der Waals surface area contributed by atoms with Gasteiger partial charge in [0.25, 0.3) is 0 Å². The summed E-state index contributed by atoms with van der Waals surface area (Å²) in [5.74, 6) is 0.275. The average molecular weight is 335 g/mol. The van der Waals surface area contributed by atoms with E-state index in [1.165, 1.54) is 24.0 Å². The Morgan fingerprint density at radius 1 is 1.13 bits per heavy atom. The van der Waals surface area contributed by atoms with E-state index >= 15 is 0 Å². The first-order valence-electron chi connectivity index (χ1n) is 8.55. The first-order valence-corrected chi connectivity index (χ1v) is 8.55. The number of amides is 1. The summed E-state index contributed by atoms with van der Waals surface area (Å²) in [5.41, 5.74) is 3.69. The predicted molar refractivity (Wildman–Crippen MR) is 89.0 cm³/mol. The van der Waals surface area contributed by atoms with E-state index in [0.29, 0.717) is 6.42 Å². The summed E-state index contributed by atoms with van der Waals surface area (Å²) in [6, 6.07) is 8.49. The topological polar surface area (TPSA) is 34.3 Å². The van der Waals surface area contributed by atoms with Crippen LogP contribution in [0.3, 0.4) is 0 Å². The van der Waals surface area contributed by atoms with E-state index in [-0.39, 0.29) is 23.9 Å². The van der Waals surface area contributed by atoms with Crippen LogP contribution < -0.4 is 17.4 Å². The van der Waals surface area contributed by atoms with Crippen molar-refractivity contribution in [1.29, 1.82) is 0 Å². The van der Waals surface area contributed by atoms with Crippen LogP contribution in [0.5, 0.6) is 0 Å². The molecule has 0 aliphatic carbocycles. The minimum Gasteiger partial charge on any atom is -1.00 e. The van der Waals surface area contributed by atoms with Crippen LogP contribution in [0.1, 0.15) is 57.1 Å². The van der Waals surface area contributed by atoms with Gasteiger partial charge in [0.1, 0.15) is 6.42 Å². The van der Waals surface area contributed by atoms with Gasteiger partial charge in [-0.05, 0) is 24.5 Å². The molecular formula is C19H27ClN2O. The molecule has 1 aromatic rings. The van der Waals surface area contributed by atoms with Gasteiger partial charge in [0.2, 0.25) is 5.91 Å². The molecule has 1 fully saturated rings. The van der Waals surface area contributed by atoms with Gasteiger partial charge in [-0.3, -0.25) is 4.79 Å². The second kappa shape index (κ2) is 7.48. The molecule has 0 aromatic heterocycles. The first-order chi connectivity index (χ1) is 10.6. The van der Waals surface area contributed by atoms with Crippen molar-refractivity contribution < 1.29 is 22.2 Å². The highest BCUT2D eigenvalue weighted by Crippen LogP contribution is 2.19. The maximum atomic E-state index is 12.7. The third-order valence-corrected chi connectivity index (χ3v) is 4.75. The number of nitrogens with zero attached hydrogens (tertiary/aromatic N) is 1. The molecule has 2 aliphatic rings. The summed E-state index contributed by atoms with van der Waals surface area (Å²) < 4.78 is 0. The molecule has 2 aliphatic heterocycles. The molecule has 0 saturated carbocycles. The van der Waals surface area contributed by atoms with Gasteiger partial charge < -0.3 is 17.3 Å². The van der Waals surface area contributed by atoms with Gasteiger partial charge >= 0.3 is 0 Å². The van der Waals surface area contributed by atoms with Crippen LogP contribution in [0.15, 0.2) is 24.3 Å². The Morgan fingerprint density at radius 3 is 2.48 bits per heavy atom. The molecule has 4 heteroatoms. The Bertz CT molecular complexity index is 587. The van der Waals surface area contributed by atoms with E-state index in [1.54, 1.807) is 0 Å². The number of halogens is 1. The van der Waals surface area contributed by atoms with Crippen molar-refractivity contribution in [3.05, 3.63) is 35.4 Å². The number of hydrogen-bond donors (Lipinski definition) is 1. The molecule has 126 valence electrons. The van der Waals surface area contributed by atoms with Gasteiger partial charge in [-0.2, -0.15) is 0 Å². The number of rotatable bonds is 2. The smallest absolute Gasteiger partial charge is 0.233 e. The summed E-state index contributed by atoms with van der Waals surface area (Å²) in [6.45, 7) is 6.27. The lowest BCUT2D eigenvalue weighted by Gasteiger charge is -2.25. The highest BCUT2D eigenvalue weighted by molar-refractivity contribution is 6.08. The Kier molecular flexibility index (Phi) is 5.85. The summed E-state index contributed by atoms with van der Waals surface area (Å²) in [4.78, 5) is 18.4. The maximum Gasteiger partial charge on any atom is 0.233 e. The van der Waals surface area contributed by atoms with E-state index in [9.17, 15) is 4.79 Å². The highest BCUT2D eigenvalue weighted by Gasteiger charge is 2.34. The molecule has 1 saturated heterocycles. The first kappa shape index (κ1) is 18.0. The number of fused-ring (bicyclic) bond motifs is 1. The van der Waals surface area contributed by atoms with Crippen LogP contribution >= 0.6 is 0 Å². The van der Waals surface area contributed by atoms with E-state index in [4.69, 9.17) is 0 Å². The molecular weight excluding hydrogens is 308 g/mol. The molecule has 0 unspecified atom stereocenters. The standard InChI is InChI=1S/C19H26N2O.ClH/c1-19(2)14-15-9-5-6-10-16(15)17(20-19)13-18(22)21-11-7-3-4-8-12-21;/h5-6,9-10H,3-4,7-8,11-14H2,1-2H3;1H. The molecule has 0 radical (unpaired) electrons. The second-order valence-electron chi connectivity index (χ2n) is 7.29. The van der Waals surface area contributed by atoms with Crippen LogP contribution in [-0.4, -0.2) is 35.1 Å². The van der Waals surface area contributed by atoms with Gasteiger partial charge in [-0.25, -0.2) is 4.99 Å². The van der Waals surface area contributed by atoms with Crippen LogP contribution in [0.25, 0.3) is 0 Å². The zero-order valence-electron chi connectivity index (χ0n) is 14.2.